The molecule has 25 heavy (non-hydrogen) atoms. The van der Waals surface area contributed by atoms with Gasteiger partial charge in [-0.2, -0.15) is 52.7 Å². The fourth-order valence-corrected chi connectivity index (χ4v) is 1.21. The van der Waals surface area contributed by atoms with Gasteiger partial charge in [-0.3, -0.25) is 0 Å². The largest absolute Gasteiger partial charge is 0.456 e. The van der Waals surface area contributed by atoms with Crippen molar-refractivity contribution in [3.63, 3.8) is 0 Å². The van der Waals surface area contributed by atoms with Crippen LogP contribution in [0.15, 0.2) is 12.7 Å². The summed E-state index contributed by atoms with van der Waals surface area (Å²) in [4.78, 5) is 10.4. The summed E-state index contributed by atoms with van der Waals surface area (Å²) in [7, 11) is 0. The van der Waals surface area contributed by atoms with Crippen LogP contribution in [-0.2, 0) is 9.53 Å². The van der Waals surface area contributed by atoms with Gasteiger partial charge in [-0.1, -0.05) is 6.58 Å². The maximum Gasteiger partial charge on any atom is 0.384 e. The van der Waals surface area contributed by atoms with E-state index in [0.717, 1.165) is 0 Å². The third-order valence-corrected chi connectivity index (χ3v) is 2.76. The minimum atomic E-state index is -7.66. The maximum absolute atomic E-state index is 13.2. The molecule has 148 valence electrons. The summed E-state index contributed by atoms with van der Waals surface area (Å²) < 4.78 is 159. The van der Waals surface area contributed by atoms with E-state index in [1.165, 1.54) is 0 Å². The van der Waals surface area contributed by atoms with E-state index in [1.54, 1.807) is 0 Å². The molecule has 0 bridgehead atoms. The fraction of sp³-hybridized carbons (Fsp3) is 0.727. The van der Waals surface area contributed by atoms with Crippen molar-refractivity contribution in [3.05, 3.63) is 12.7 Å². The van der Waals surface area contributed by atoms with Crippen LogP contribution in [-0.4, -0.2) is 48.1 Å². The fourth-order valence-electron chi connectivity index (χ4n) is 1.21. The second-order valence-electron chi connectivity index (χ2n) is 4.70. The molecule has 0 saturated carbocycles. The normalized spacial score (nSPS) is 15.1. The van der Waals surface area contributed by atoms with Crippen LogP contribution in [0.5, 0.6) is 0 Å². The first-order valence-electron chi connectivity index (χ1n) is 5.77. The summed E-state index contributed by atoms with van der Waals surface area (Å²) in [5.41, 5.74) is 0. The molecule has 0 rings (SSSR count). The highest BCUT2D eigenvalue weighted by atomic mass is 19.4. The Morgan fingerprint density at radius 2 is 1.16 bits per heavy atom. The topological polar surface area (TPSA) is 26.3 Å². The molecule has 0 unspecified atom stereocenters. The van der Waals surface area contributed by atoms with Gasteiger partial charge < -0.3 is 4.74 Å². The van der Waals surface area contributed by atoms with Crippen molar-refractivity contribution in [3.8, 4) is 0 Å². The van der Waals surface area contributed by atoms with E-state index >= 15 is 0 Å². The molecule has 0 aromatic carbocycles. The Morgan fingerprint density at radius 3 is 1.48 bits per heavy atom. The van der Waals surface area contributed by atoms with Crippen molar-refractivity contribution >= 4 is 5.97 Å². The zero-order valence-corrected chi connectivity index (χ0v) is 11.8. The molecule has 0 fully saturated rings. The summed E-state index contributed by atoms with van der Waals surface area (Å²) in [6.07, 6.45) is 0.104. The first kappa shape index (κ1) is 23.4. The molecule has 0 aromatic rings. The van der Waals surface area contributed by atoms with Gasteiger partial charge in [0.25, 0.3) is 0 Å². The van der Waals surface area contributed by atoms with E-state index in [4.69, 9.17) is 0 Å². The molecule has 0 aliphatic rings. The van der Waals surface area contributed by atoms with Crippen molar-refractivity contribution in [1.82, 2.24) is 0 Å². The average Bonchev–Trinajstić information content (AvgIpc) is 2.42. The van der Waals surface area contributed by atoms with Crippen LogP contribution in [0.4, 0.5) is 52.7 Å². The summed E-state index contributed by atoms with van der Waals surface area (Å²) in [6.45, 7) is -1.33. The van der Waals surface area contributed by atoms with Crippen molar-refractivity contribution in [2.75, 3.05) is 6.61 Å². The van der Waals surface area contributed by atoms with Gasteiger partial charge in [-0.25, -0.2) is 4.79 Å². The molecular formula is C11H8F12O2. The zero-order chi connectivity index (χ0) is 20.7. The second kappa shape index (κ2) is 6.27. The maximum atomic E-state index is 13.2. The highest BCUT2D eigenvalue weighted by molar-refractivity contribution is 5.81. The van der Waals surface area contributed by atoms with Gasteiger partial charge in [-0.05, 0) is 0 Å². The van der Waals surface area contributed by atoms with Crippen molar-refractivity contribution in [1.29, 1.82) is 0 Å². The monoisotopic (exact) mass is 400 g/mol. The average molecular weight is 400 g/mol. The highest BCUT2D eigenvalue weighted by Crippen LogP contribution is 2.59. The predicted molar refractivity (Wildman–Crippen MR) is 56.5 cm³/mol. The first-order valence-corrected chi connectivity index (χ1v) is 5.77. The van der Waals surface area contributed by atoms with Gasteiger partial charge >= 0.3 is 41.5 Å². The van der Waals surface area contributed by atoms with E-state index in [0.29, 0.717) is 0 Å². The Morgan fingerprint density at radius 1 is 0.800 bits per heavy atom. The quantitative estimate of drug-likeness (QED) is 0.340. The minimum Gasteiger partial charge on any atom is -0.456 e. The Balaban J connectivity index is 6.02. The molecule has 0 amide bonds. The van der Waals surface area contributed by atoms with Crippen LogP contribution >= 0.6 is 0 Å². The van der Waals surface area contributed by atoms with Gasteiger partial charge in [0.15, 0.2) is 6.61 Å². The van der Waals surface area contributed by atoms with Gasteiger partial charge in [-0.15, -0.1) is 0 Å². The van der Waals surface area contributed by atoms with Crippen molar-refractivity contribution in [2.24, 2.45) is 0 Å². The summed E-state index contributed by atoms with van der Waals surface area (Å²) in [5.74, 6) is -43.9. The zero-order valence-electron chi connectivity index (χ0n) is 11.8. The molecule has 0 aliphatic heterocycles. The van der Waals surface area contributed by atoms with E-state index in [1.807, 2.05) is 0 Å². The van der Waals surface area contributed by atoms with E-state index in [9.17, 15) is 57.5 Å². The number of halogens is 12. The molecule has 0 heterocycles. The second-order valence-corrected chi connectivity index (χ2v) is 4.70. The molecule has 0 N–H and O–H groups in total. The Kier molecular flexibility index (Phi) is 5.86. The van der Waals surface area contributed by atoms with Crippen LogP contribution in [0.1, 0.15) is 6.92 Å². The van der Waals surface area contributed by atoms with Gasteiger partial charge in [0.05, 0.1) is 0 Å². The van der Waals surface area contributed by atoms with Crippen LogP contribution in [0.25, 0.3) is 0 Å². The highest BCUT2D eigenvalue weighted by Gasteiger charge is 2.89. The lowest BCUT2D eigenvalue weighted by Gasteiger charge is -2.40. The number of carbonyl (C=O) groups excluding carboxylic acids is 1. The number of ether oxygens (including phenoxy) is 1. The summed E-state index contributed by atoms with van der Waals surface area (Å²) in [6, 6.07) is 0. The summed E-state index contributed by atoms with van der Waals surface area (Å²) >= 11 is 0. The van der Waals surface area contributed by atoms with Gasteiger partial charge in [0, 0.05) is 13.0 Å². The third kappa shape index (κ3) is 3.52. The van der Waals surface area contributed by atoms with E-state index in [2.05, 4.69) is 11.3 Å². The van der Waals surface area contributed by atoms with Crippen LogP contribution < -0.4 is 0 Å². The van der Waals surface area contributed by atoms with Gasteiger partial charge in [0.2, 0.25) is 0 Å². The minimum absolute atomic E-state index is 0.104. The molecule has 0 aromatic heterocycles. The van der Waals surface area contributed by atoms with Crippen LogP contribution in [0.2, 0.25) is 0 Å². The SMILES string of the molecule is C=CC(=O)OCC(F)(F)C(F)(F)C(F)(F)C(F)(F)C(F)(F)C(C)(F)F. The predicted octanol–water partition coefficient (Wildman–Crippen LogP) is 4.55. The number of alkyl halides is 12. The molecule has 0 saturated heterocycles. The van der Waals surface area contributed by atoms with E-state index < -0.39 is 55.0 Å². The number of carbonyl (C=O) groups is 1. The number of hydrogen-bond donors (Lipinski definition) is 0. The van der Waals surface area contributed by atoms with Crippen LogP contribution in [0, 0.1) is 0 Å². The lowest BCUT2D eigenvalue weighted by atomic mass is 9.92. The Labute approximate surface area is 131 Å². The molecule has 14 heteroatoms. The molecular weight excluding hydrogens is 392 g/mol. The number of esters is 1. The first-order chi connectivity index (χ1) is 10.7. The molecule has 0 radical (unpaired) electrons. The van der Waals surface area contributed by atoms with Crippen LogP contribution in [0.3, 0.4) is 0 Å². The Bertz CT molecular complexity index is 520. The smallest absolute Gasteiger partial charge is 0.384 e. The number of hydrogen-bond acceptors (Lipinski definition) is 2. The Hall–Kier alpha value is -1.63. The van der Waals surface area contributed by atoms with Gasteiger partial charge in [0.1, 0.15) is 0 Å². The lowest BCUT2D eigenvalue weighted by Crippen LogP contribution is -2.70. The number of rotatable bonds is 8. The molecule has 2 nitrogen and oxygen atoms in total. The third-order valence-electron chi connectivity index (χ3n) is 2.76. The standard InChI is InChI=1S/C11H8F12O2/c1-3-5(24)25-4-7(14,15)9(18,19)11(22,23)10(20,21)8(16,17)6(2,12)13/h3H,1,4H2,2H3. The molecule has 0 aliphatic carbocycles. The van der Waals surface area contributed by atoms with Crippen molar-refractivity contribution in [2.45, 2.75) is 42.5 Å². The molecule has 0 spiro atoms. The molecule has 0 atom stereocenters. The lowest BCUT2D eigenvalue weighted by molar-refractivity contribution is -0.424. The summed E-state index contributed by atoms with van der Waals surface area (Å²) in [5, 5.41) is 0. The van der Waals surface area contributed by atoms with E-state index in [-0.39, 0.29) is 6.08 Å². The van der Waals surface area contributed by atoms with Crippen molar-refractivity contribution < 1.29 is 62.2 Å².